The van der Waals surface area contributed by atoms with Crippen LogP contribution in [-0.4, -0.2) is 21.0 Å². The topological polar surface area (TPSA) is 93.3 Å². The first kappa shape index (κ1) is 14.1. The third-order valence-electron chi connectivity index (χ3n) is 2.67. The molecule has 1 rings (SSSR count). The van der Waals surface area contributed by atoms with Crippen LogP contribution in [0.3, 0.4) is 0 Å². The number of aromatic nitrogens is 1. The molecule has 0 aliphatic rings. The van der Waals surface area contributed by atoms with E-state index in [4.69, 9.17) is 0 Å². The first-order chi connectivity index (χ1) is 8.34. The molecule has 0 saturated heterocycles. The number of nitro groups is 1. The van der Waals surface area contributed by atoms with Crippen molar-refractivity contribution in [2.24, 2.45) is 5.92 Å². The highest BCUT2D eigenvalue weighted by atomic mass is 16.6. The van der Waals surface area contributed by atoms with Crippen LogP contribution in [0.4, 0.5) is 5.69 Å². The molecule has 0 bridgehead atoms. The molecule has 1 aromatic rings. The maximum Gasteiger partial charge on any atom is 0.312 e. The Balaban J connectivity index is 3.32. The maximum atomic E-state index is 11.3. The average molecular weight is 252 g/mol. The van der Waals surface area contributed by atoms with Crippen molar-refractivity contribution in [1.29, 1.82) is 0 Å². The molecule has 1 N–H and O–H groups in total. The van der Waals surface area contributed by atoms with Gasteiger partial charge in [0.15, 0.2) is 0 Å². The predicted octanol–water partition coefficient (Wildman–Crippen LogP) is 2.51. The Bertz CT molecular complexity index is 471. The zero-order valence-corrected chi connectivity index (χ0v) is 10.6. The standard InChI is InChI=1S/C12H16N2O4/c1-7(2)6-9(12(15)16)10-11(14(17)18)8(3)4-5-13-10/h4-5,7,9H,6H2,1-3H3,(H,15,16). The van der Waals surface area contributed by atoms with Crippen LogP contribution in [0.25, 0.3) is 0 Å². The number of aliphatic carboxylic acids is 1. The lowest BCUT2D eigenvalue weighted by Crippen LogP contribution is -2.17. The van der Waals surface area contributed by atoms with Crippen LogP contribution in [0.2, 0.25) is 0 Å². The van der Waals surface area contributed by atoms with E-state index in [-0.39, 0.29) is 17.3 Å². The smallest absolute Gasteiger partial charge is 0.312 e. The Labute approximate surface area is 105 Å². The molecule has 1 unspecified atom stereocenters. The summed E-state index contributed by atoms with van der Waals surface area (Å²) in [5, 5.41) is 20.2. The van der Waals surface area contributed by atoms with Crippen LogP contribution >= 0.6 is 0 Å². The van der Waals surface area contributed by atoms with Crippen molar-refractivity contribution in [1.82, 2.24) is 4.98 Å². The van der Waals surface area contributed by atoms with Gasteiger partial charge in [-0.25, -0.2) is 0 Å². The van der Waals surface area contributed by atoms with Crippen LogP contribution < -0.4 is 0 Å². The quantitative estimate of drug-likeness (QED) is 0.641. The van der Waals surface area contributed by atoms with E-state index in [0.29, 0.717) is 12.0 Å². The lowest BCUT2D eigenvalue weighted by atomic mass is 9.92. The molecule has 0 amide bonds. The highest BCUT2D eigenvalue weighted by Gasteiger charge is 2.31. The molecule has 6 nitrogen and oxygen atoms in total. The third-order valence-corrected chi connectivity index (χ3v) is 2.67. The van der Waals surface area contributed by atoms with E-state index in [1.165, 1.54) is 12.3 Å². The minimum atomic E-state index is -1.08. The molecule has 1 atom stereocenters. The van der Waals surface area contributed by atoms with Crippen molar-refractivity contribution in [3.63, 3.8) is 0 Å². The lowest BCUT2D eigenvalue weighted by Gasteiger charge is -2.14. The monoisotopic (exact) mass is 252 g/mol. The predicted molar refractivity (Wildman–Crippen MR) is 65.5 cm³/mol. The molecular weight excluding hydrogens is 236 g/mol. The summed E-state index contributed by atoms with van der Waals surface area (Å²) >= 11 is 0. The van der Waals surface area contributed by atoms with Gasteiger partial charge in [-0.15, -0.1) is 0 Å². The molecular formula is C12H16N2O4. The van der Waals surface area contributed by atoms with Crippen molar-refractivity contribution >= 4 is 11.7 Å². The van der Waals surface area contributed by atoms with Crippen molar-refractivity contribution in [2.45, 2.75) is 33.1 Å². The summed E-state index contributed by atoms with van der Waals surface area (Å²) < 4.78 is 0. The molecule has 0 saturated carbocycles. The van der Waals surface area contributed by atoms with E-state index in [9.17, 15) is 20.0 Å². The van der Waals surface area contributed by atoms with Crippen LogP contribution in [0.1, 0.15) is 37.4 Å². The molecule has 0 aromatic carbocycles. The van der Waals surface area contributed by atoms with Gasteiger partial charge in [0.05, 0.1) is 4.92 Å². The van der Waals surface area contributed by atoms with E-state index >= 15 is 0 Å². The van der Waals surface area contributed by atoms with E-state index in [2.05, 4.69) is 4.98 Å². The molecule has 1 aromatic heterocycles. The Morgan fingerprint density at radius 2 is 2.17 bits per heavy atom. The molecule has 18 heavy (non-hydrogen) atoms. The Hall–Kier alpha value is -1.98. The zero-order valence-electron chi connectivity index (χ0n) is 10.6. The van der Waals surface area contributed by atoms with Gasteiger partial charge in [0, 0.05) is 11.8 Å². The Morgan fingerprint density at radius 3 is 2.61 bits per heavy atom. The van der Waals surface area contributed by atoms with Gasteiger partial charge in [-0.05, 0) is 25.3 Å². The summed E-state index contributed by atoms with van der Waals surface area (Å²) in [5.41, 5.74) is 0.284. The fourth-order valence-electron chi connectivity index (χ4n) is 1.86. The number of hydrogen-bond donors (Lipinski definition) is 1. The van der Waals surface area contributed by atoms with Crippen LogP contribution in [0.15, 0.2) is 12.3 Å². The highest BCUT2D eigenvalue weighted by Crippen LogP contribution is 2.31. The van der Waals surface area contributed by atoms with E-state index < -0.39 is 16.8 Å². The molecule has 0 aliphatic carbocycles. The van der Waals surface area contributed by atoms with Crippen molar-refractivity contribution in [3.05, 3.63) is 33.6 Å². The van der Waals surface area contributed by atoms with Crippen LogP contribution in [-0.2, 0) is 4.79 Å². The molecule has 1 heterocycles. The summed E-state index contributed by atoms with van der Waals surface area (Å²) in [4.78, 5) is 25.6. The minimum absolute atomic E-state index is 0.0428. The molecule has 0 radical (unpaired) electrons. The molecule has 0 aliphatic heterocycles. The molecule has 0 fully saturated rings. The van der Waals surface area contributed by atoms with Crippen LogP contribution in [0.5, 0.6) is 0 Å². The van der Waals surface area contributed by atoms with Gasteiger partial charge >= 0.3 is 5.97 Å². The van der Waals surface area contributed by atoms with Gasteiger partial charge in [-0.2, -0.15) is 0 Å². The number of carboxylic acids is 1. The van der Waals surface area contributed by atoms with Gasteiger partial charge in [0.2, 0.25) is 0 Å². The van der Waals surface area contributed by atoms with Gasteiger partial charge in [0.25, 0.3) is 5.69 Å². The van der Waals surface area contributed by atoms with E-state index in [1.807, 2.05) is 13.8 Å². The number of aryl methyl sites for hydroxylation is 1. The number of carboxylic acid groups (broad SMARTS) is 1. The summed E-state index contributed by atoms with van der Waals surface area (Å²) in [6.07, 6.45) is 1.74. The first-order valence-electron chi connectivity index (χ1n) is 5.67. The second-order valence-electron chi connectivity index (χ2n) is 4.64. The molecule has 0 spiro atoms. The minimum Gasteiger partial charge on any atom is -0.481 e. The number of hydrogen-bond acceptors (Lipinski definition) is 4. The Morgan fingerprint density at radius 1 is 1.56 bits per heavy atom. The lowest BCUT2D eigenvalue weighted by molar-refractivity contribution is -0.386. The van der Waals surface area contributed by atoms with E-state index in [0.717, 1.165) is 0 Å². The Kier molecular flexibility index (Phi) is 4.36. The first-order valence-corrected chi connectivity index (χ1v) is 5.67. The fourth-order valence-corrected chi connectivity index (χ4v) is 1.86. The largest absolute Gasteiger partial charge is 0.481 e. The summed E-state index contributed by atoms with van der Waals surface area (Å²) in [5.74, 6) is -1.90. The fraction of sp³-hybridized carbons (Fsp3) is 0.500. The maximum absolute atomic E-state index is 11.3. The number of carbonyl (C=O) groups is 1. The highest BCUT2D eigenvalue weighted by molar-refractivity contribution is 5.77. The molecule has 6 heteroatoms. The zero-order chi connectivity index (χ0) is 13.9. The second-order valence-corrected chi connectivity index (χ2v) is 4.64. The van der Waals surface area contributed by atoms with Crippen molar-refractivity contribution in [2.75, 3.05) is 0 Å². The third kappa shape index (κ3) is 3.03. The van der Waals surface area contributed by atoms with Crippen LogP contribution in [0, 0.1) is 23.0 Å². The number of pyridine rings is 1. The van der Waals surface area contributed by atoms with Crippen molar-refractivity contribution in [3.8, 4) is 0 Å². The SMILES string of the molecule is Cc1ccnc(C(CC(C)C)C(=O)O)c1[N+](=O)[O-]. The summed E-state index contributed by atoms with van der Waals surface area (Å²) in [6, 6.07) is 1.51. The van der Waals surface area contributed by atoms with E-state index in [1.54, 1.807) is 6.92 Å². The van der Waals surface area contributed by atoms with Crippen molar-refractivity contribution < 1.29 is 14.8 Å². The van der Waals surface area contributed by atoms with Gasteiger partial charge in [0.1, 0.15) is 11.6 Å². The molecule has 98 valence electrons. The summed E-state index contributed by atoms with van der Waals surface area (Å²) in [7, 11) is 0. The van der Waals surface area contributed by atoms with Gasteiger partial charge in [-0.1, -0.05) is 13.8 Å². The normalized spacial score (nSPS) is 12.4. The number of rotatable bonds is 5. The van der Waals surface area contributed by atoms with Gasteiger partial charge < -0.3 is 5.11 Å². The second kappa shape index (κ2) is 5.57. The number of nitrogens with zero attached hydrogens (tertiary/aromatic N) is 2. The average Bonchev–Trinajstić information content (AvgIpc) is 2.24. The summed E-state index contributed by atoms with van der Waals surface area (Å²) in [6.45, 7) is 5.33. The van der Waals surface area contributed by atoms with Gasteiger partial charge in [-0.3, -0.25) is 19.9 Å².